The van der Waals surface area contributed by atoms with Gasteiger partial charge in [0.25, 0.3) is 0 Å². The summed E-state index contributed by atoms with van der Waals surface area (Å²) in [4.78, 5) is 2.18. The Labute approximate surface area is 124 Å². The maximum atomic E-state index is 10.7. The zero-order chi connectivity index (χ0) is 14.9. The zero-order valence-corrected chi connectivity index (χ0v) is 13.5. The molecular weight excluding hydrogens is 272 g/mol. The van der Waals surface area contributed by atoms with Crippen LogP contribution in [0.2, 0.25) is 0 Å². The van der Waals surface area contributed by atoms with Crippen molar-refractivity contribution in [2.45, 2.75) is 45.8 Å². The molecule has 0 radical (unpaired) electrons. The van der Waals surface area contributed by atoms with Gasteiger partial charge < -0.3 is 9.84 Å². The number of hydrogen-bond donors (Lipinski definition) is 1. The van der Waals surface area contributed by atoms with Crippen molar-refractivity contribution < 1.29 is 9.84 Å². The molecular formula is C15H22N2O2S. The van der Waals surface area contributed by atoms with E-state index >= 15 is 0 Å². The van der Waals surface area contributed by atoms with Crippen LogP contribution < -0.4 is 4.74 Å². The Morgan fingerprint density at radius 1 is 1.40 bits per heavy atom. The molecule has 0 spiro atoms. The molecule has 0 saturated carbocycles. The third-order valence-electron chi connectivity index (χ3n) is 3.26. The molecule has 4 nitrogen and oxygen atoms in total. The summed E-state index contributed by atoms with van der Waals surface area (Å²) in [5, 5.41) is 14.9. The van der Waals surface area contributed by atoms with E-state index in [2.05, 4.69) is 31.9 Å². The number of thiophene rings is 1. The average molecular weight is 294 g/mol. The van der Waals surface area contributed by atoms with Gasteiger partial charge in [-0.15, -0.1) is 11.3 Å². The summed E-state index contributed by atoms with van der Waals surface area (Å²) in [6.07, 6.45) is 0.953. The number of aliphatic hydroxyl groups is 1. The van der Waals surface area contributed by atoms with E-state index in [0.717, 1.165) is 10.6 Å². The van der Waals surface area contributed by atoms with Crippen LogP contribution in [-0.2, 0) is 12.0 Å². The first kappa shape index (κ1) is 15.1. The van der Waals surface area contributed by atoms with Crippen LogP contribution in [0.4, 0.5) is 0 Å². The summed E-state index contributed by atoms with van der Waals surface area (Å²) in [6, 6.07) is 4.07. The Hall–Kier alpha value is -1.33. The lowest BCUT2D eigenvalue weighted by atomic mass is 9.95. The second-order valence-electron chi connectivity index (χ2n) is 5.77. The summed E-state index contributed by atoms with van der Waals surface area (Å²) < 4.78 is 7.08. The van der Waals surface area contributed by atoms with E-state index in [1.165, 1.54) is 4.88 Å². The summed E-state index contributed by atoms with van der Waals surface area (Å²) in [6.45, 7) is 9.22. The van der Waals surface area contributed by atoms with E-state index < -0.39 is 6.10 Å². The molecule has 0 bridgehead atoms. The minimum atomic E-state index is -0.700. The molecule has 1 atom stereocenters. The van der Waals surface area contributed by atoms with Gasteiger partial charge in [0.2, 0.25) is 0 Å². The van der Waals surface area contributed by atoms with Gasteiger partial charge in [0.15, 0.2) is 5.75 Å². The molecule has 1 unspecified atom stereocenters. The van der Waals surface area contributed by atoms with Gasteiger partial charge in [-0.1, -0.05) is 20.8 Å². The van der Waals surface area contributed by atoms with E-state index in [9.17, 15) is 5.11 Å². The van der Waals surface area contributed by atoms with Gasteiger partial charge in [-0.25, -0.2) is 0 Å². The van der Waals surface area contributed by atoms with Crippen molar-refractivity contribution in [3.63, 3.8) is 0 Å². The van der Waals surface area contributed by atoms with Crippen LogP contribution in [-0.4, -0.2) is 22.0 Å². The largest absolute Gasteiger partial charge is 0.493 e. The van der Waals surface area contributed by atoms with Gasteiger partial charge in [0.05, 0.1) is 13.3 Å². The van der Waals surface area contributed by atoms with Crippen LogP contribution in [0.1, 0.15) is 49.2 Å². The normalized spacial score (nSPS) is 13.5. The summed E-state index contributed by atoms with van der Waals surface area (Å²) in [5.74, 6) is 0.630. The number of aliphatic hydroxyl groups excluding tert-OH is 1. The van der Waals surface area contributed by atoms with Crippen molar-refractivity contribution in [2.24, 2.45) is 0 Å². The minimum Gasteiger partial charge on any atom is -0.493 e. The van der Waals surface area contributed by atoms with Gasteiger partial charge >= 0.3 is 0 Å². The van der Waals surface area contributed by atoms with Crippen molar-refractivity contribution in [1.82, 2.24) is 9.78 Å². The summed E-state index contributed by atoms with van der Waals surface area (Å²) in [7, 11) is 1.60. The second kappa shape index (κ2) is 5.58. The first-order valence-electron chi connectivity index (χ1n) is 6.76. The molecule has 0 fully saturated rings. The molecule has 0 aliphatic rings. The Balaban J connectivity index is 2.38. The standard InChI is InChI=1S/C15H22N2O2S/c1-6-17-13(10(19-5)9-16-17)14(18)11-7-8-12(20-11)15(2,3)4/h7-9,14,18H,6H2,1-5H3. The first-order valence-corrected chi connectivity index (χ1v) is 7.58. The number of methoxy groups -OCH3 is 1. The molecule has 0 aromatic carbocycles. The lowest BCUT2D eigenvalue weighted by molar-refractivity contribution is 0.206. The van der Waals surface area contributed by atoms with Crippen LogP contribution in [0, 0.1) is 0 Å². The third-order valence-corrected chi connectivity index (χ3v) is 4.82. The lowest BCUT2D eigenvalue weighted by Crippen LogP contribution is -2.09. The van der Waals surface area contributed by atoms with E-state index in [1.807, 2.05) is 13.0 Å². The van der Waals surface area contributed by atoms with Crippen molar-refractivity contribution in [3.8, 4) is 5.75 Å². The number of rotatable bonds is 4. The van der Waals surface area contributed by atoms with Gasteiger partial charge in [0, 0.05) is 16.3 Å². The lowest BCUT2D eigenvalue weighted by Gasteiger charge is -2.16. The van der Waals surface area contributed by atoms with E-state index in [-0.39, 0.29) is 5.41 Å². The molecule has 0 amide bonds. The first-order chi connectivity index (χ1) is 9.38. The smallest absolute Gasteiger partial charge is 0.163 e. The fraction of sp³-hybridized carbons (Fsp3) is 0.533. The molecule has 2 aromatic heterocycles. The number of ether oxygens (including phenoxy) is 1. The van der Waals surface area contributed by atoms with Crippen molar-refractivity contribution >= 4 is 11.3 Å². The molecule has 110 valence electrons. The number of nitrogens with zero attached hydrogens (tertiary/aromatic N) is 2. The predicted octanol–water partition coefficient (Wildman–Crippen LogP) is 3.35. The maximum absolute atomic E-state index is 10.7. The van der Waals surface area contributed by atoms with Crippen LogP contribution in [0.25, 0.3) is 0 Å². The topological polar surface area (TPSA) is 47.3 Å². The highest BCUT2D eigenvalue weighted by molar-refractivity contribution is 7.12. The maximum Gasteiger partial charge on any atom is 0.163 e. The van der Waals surface area contributed by atoms with E-state index in [4.69, 9.17) is 4.74 Å². The molecule has 5 heteroatoms. The minimum absolute atomic E-state index is 0.0950. The quantitative estimate of drug-likeness (QED) is 0.940. The van der Waals surface area contributed by atoms with Crippen LogP contribution in [0.3, 0.4) is 0 Å². The molecule has 2 rings (SSSR count). The Morgan fingerprint density at radius 3 is 2.60 bits per heavy atom. The highest BCUT2D eigenvalue weighted by Crippen LogP contribution is 2.37. The fourth-order valence-corrected chi connectivity index (χ4v) is 3.16. The number of aromatic nitrogens is 2. The van der Waals surface area contributed by atoms with Gasteiger partial charge in [-0.2, -0.15) is 5.10 Å². The van der Waals surface area contributed by atoms with E-state index in [1.54, 1.807) is 29.3 Å². The van der Waals surface area contributed by atoms with Gasteiger partial charge in [-0.05, 0) is 24.5 Å². The highest BCUT2D eigenvalue weighted by Gasteiger charge is 2.24. The predicted molar refractivity (Wildman–Crippen MR) is 81.5 cm³/mol. The zero-order valence-electron chi connectivity index (χ0n) is 12.7. The van der Waals surface area contributed by atoms with Gasteiger partial charge in [0.1, 0.15) is 11.8 Å². The van der Waals surface area contributed by atoms with Crippen molar-refractivity contribution in [2.75, 3.05) is 7.11 Å². The van der Waals surface area contributed by atoms with Crippen LogP contribution in [0.5, 0.6) is 5.75 Å². The number of aryl methyl sites for hydroxylation is 1. The highest BCUT2D eigenvalue weighted by atomic mass is 32.1. The summed E-state index contributed by atoms with van der Waals surface area (Å²) in [5.41, 5.74) is 0.815. The monoisotopic (exact) mass is 294 g/mol. The Morgan fingerprint density at radius 2 is 2.10 bits per heavy atom. The Bertz CT molecular complexity index is 559. The molecule has 0 aliphatic heterocycles. The molecule has 2 aromatic rings. The summed E-state index contributed by atoms with van der Waals surface area (Å²) >= 11 is 1.64. The SMILES string of the molecule is CCn1ncc(OC)c1C(O)c1ccc(C(C)(C)C)s1. The molecule has 0 saturated heterocycles. The number of hydrogen-bond acceptors (Lipinski definition) is 4. The second-order valence-corrected chi connectivity index (χ2v) is 6.88. The molecule has 0 aliphatic carbocycles. The third kappa shape index (κ3) is 2.74. The van der Waals surface area contributed by atoms with Crippen LogP contribution in [0.15, 0.2) is 18.3 Å². The Kier molecular flexibility index (Phi) is 4.20. The van der Waals surface area contributed by atoms with Crippen molar-refractivity contribution in [3.05, 3.63) is 33.8 Å². The fourth-order valence-electron chi connectivity index (χ4n) is 2.10. The molecule has 20 heavy (non-hydrogen) atoms. The van der Waals surface area contributed by atoms with Crippen LogP contribution >= 0.6 is 11.3 Å². The van der Waals surface area contributed by atoms with Gasteiger partial charge in [-0.3, -0.25) is 4.68 Å². The molecule has 2 heterocycles. The average Bonchev–Trinajstić information content (AvgIpc) is 3.03. The van der Waals surface area contributed by atoms with Crippen molar-refractivity contribution in [1.29, 1.82) is 0 Å². The molecule has 1 N–H and O–H groups in total. The van der Waals surface area contributed by atoms with E-state index in [0.29, 0.717) is 12.3 Å².